The quantitative estimate of drug-likeness (QED) is 0.457. The Hall–Kier alpha value is -1.88. The van der Waals surface area contributed by atoms with Gasteiger partial charge in [-0.3, -0.25) is 9.69 Å². The highest BCUT2D eigenvalue weighted by Gasteiger charge is 2.19. The molecular formula is C13H18N2O3. The lowest BCUT2D eigenvalue weighted by molar-refractivity contribution is -0.138. The Labute approximate surface area is 108 Å². The van der Waals surface area contributed by atoms with Crippen molar-refractivity contribution in [2.24, 2.45) is 0 Å². The zero-order valence-electron chi connectivity index (χ0n) is 12.0. The molecule has 5 nitrogen and oxygen atoms in total. The van der Waals surface area contributed by atoms with Crippen LogP contribution in [-0.4, -0.2) is 44.4 Å². The summed E-state index contributed by atoms with van der Waals surface area (Å²) in [6.45, 7) is 1.73. The van der Waals surface area contributed by atoms with Crippen LogP contribution in [0.3, 0.4) is 0 Å². The smallest absolute Gasteiger partial charge is 0.328 e. The van der Waals surface area contributed by atoms with E-state index in [1.54, 1.807) is 50.2 Å². The molecule has 5 heteroatoms. The van der Waals surface area contributed by atoms with E-state index in [1.165, 1.54) is 7.05 Å². The number of hydrogen-bond donors (Lipinski definition) is 0. The van der Waals surface area contributed by atoms with Crippen LogP contribution in [-0.2, 0) is 9.59 Å². The number of ether oxygens (including phenoxy) is 1. The van der Waals surface area contributed by atoms with Crippen LogP contribution < -0.4 is 9.64 Å². The Morgan fingerprint density at radius 2 is 2.00 bits per heavy atom. The van der Waals surface area contributed by atoms with Gasteiger partial charge in [0.25, 0.3) is 0 Å². The number of carbonyl (C=O) groups excluding carboxylic acids is 2. The van der Waals surface area contributed by atoms with Gasteiger partial charge in [0.05, 0.1) is 5.69 Å². The van der Waals surface area contributed by atoms with E-state index in [9.17, 15) is 9.59 Å². The van der Waals surface area contributed by atoms with Gasteiger partial charge in [0.1, 0.15) is 7.41 Å². The number of para-hydroxylation sites is 2. The summed E-state index contributed by atoms with van der Waals surface area (Å²) in [6.07, 6.45) is -0.871. The fraction of sp³-hybridized carbons (Fsp3) is 0.385. The molecule has 0 aliphatic rings. The van der Waals surface area contributed by atoms with Gasteiger partial charge in [0.2, 0.25) is 6.39 Å². The maximum atomic E-state index is 11.9. The third-order valence-electron chi connectivity index (χ3n) is 2.69. The van der Waals surface area contributed by atoms with E-state index in [-0.39, 0.29) is 5.75 Å². The number of esters is 1. The SMILES string of the molecule is [2H]C(=O)N(C)c1ccccc1OC(=O)[C@@H](C)N(C)C. The van der Waals surface area contributed by atoms with Crippen molar-refractivity contribution in [2.45, 2.75) is 13.0 Å². The molecular weight excluding hydrogens is 232 g/mol. The number of rotatable bonds is 4. The van der Waals surface area contributed by atoms with Crippen LogP contribution in [0.15, 0.2) is 24.3 Å². The normalized spacial score (nSPS) is 12.8. The van der Waals surface area contributed by atoms with Gasteiger partial charge in [-0.15, -0.1) is 0 Å². The van der Waals surface area contributed by atoms with Gasteiger partial charge < -0.3 is 9.64 Å². The van der Waals surface area contributed by atoms with Gasteiger partial charge in [-0.05, 0) is 33.2 Å². The van der Waals surface area contributed by atoms with Gasteiger partial charge in [-0.2, -0.15) is 0 Å². The molecule has 0 N–H and O–H groups in total. The summed E-state index contributed by atoms with van der Waals surface area (Å²) in [6, 6.07) is 6.23. The molecule has 1 atom stereocenters. The third-order valence-corrected chi connectivity index (χ3v) is 2.69. The van der Waals surface area contributed by atoms with E-state index >= 15 is 0 Å². The van der Waals surface area contributed by atoms with Gasteiger partial charge in [-0.25, -0.2) is 4.79 Å². The summed E-state index contributed by atoms with van der Waals surface area (Å²) in [5.74, 6) is -0.146. The van der Waals surface area contributed by atoms with Crippen molar-refractivity contribution >= 4 is 18.0 Å². The van der Waals surface area contributed by atoms with Crippen molar-refractivity contribution in [3.8, 4) is 5.75 Å². The highest BCUT2D eigenvalue weighted by Crippen LogP contribution is 2.26. The first-order valence-corrected chi connectivity index (χ1v) is 5.56. The van der Waals surface area contributed by atoms with Crippen LogP contribution in [0.1, 0.15) is 8.29 Å². The molecule has 0 bridgehead atoms. The fourth-order valence-corrected chi connectivity index (χ4v) is 1.27. The van der Waals surface area contributed by atoms with E-state index in [4.69, 9.17) is 6.11 Å². The number of carbonyl (C=O) groups is 2. The lowest BCUT2D eigenvalue weighted by atomic mass is 10.2. The predicted molar refractivity (Wildman–Crippen MR) is 69.7 cm³/mol. The molecule has 0 aliphatic heterocycles. The Morgan fingerprint density at radius 3 is 2.56 bits per heavy atom. The first-order chi connectivity index (χ1) is 8.84. The number of benzene rings is 1. The molecule has 0 fully saturated rings. The number of hydrogen-bond acceptors (Lipinski definition) is 4. The molecule has 0 spiro atoms. The summed E-state index contributed by atoms with van der Waals surface area (Å²) in [7, 11) is 5.01. The molecule has 18 heavy (non-hydrogen) atoms. The number of likely N-dealkylation sites (N-methyl/N-ethyl adjacent to an activating group) is 1. The highest BCUT2D eigenvalue weighted by atomic mass is 16.5. The Kier molecular flexibility index (Phi) is 4.30. The number of amides is 1. The fourth-order valence-electron chi connectivity index (χ4n) is 1.27. The maximum absolute atomic E-state index is 11.9. The van der Waals surface area contributed by atoms with Crippen molar-refractivity contribution < 1.29 is 15.7 Å². The summed E-state index contributed by atoms with van der Waals surface area (Å²) in [4.78, 5) is 25.8. The molecule has 0 radical (unpaired) electrons. The van der Waals surface area contributed by atoms with Gasteiger partial charge >= 0.3 is 5.97 Å². The molecule has 1 rings (SSSR count). The van der Waals surface area contributed by atoms with Crippen LogP contribution in [0.25, 0.3) is 0 Å². The molecule has 0 aromatic heterocycles. The minimum Gasteiger partial charge on any atom is -0.423 e. The summed E-state index contributed by atoms with van der Waals surface area (Å²) in [5, 5.41) is 0. The molecule has 1 amide bonds. The third kappa shape index (κ3) is 3.30. The second-order valence-electron chi connectivity index (χ2n) is 4.18. The summed E-state index contributed by atoms with van der Waals surface area (Å²) < 4.78 is 12.4. The largest absolute Gasteiger partial charge is 0.423 e. The zero-order valence-corrected chi connectivity index (χ0v) is 11.0. The van der Waals surface area contributed by atoms with Gasteiger partial charge in [0.15, 0.2) is 5.75 Å². The van der Waals surface area contributed by atoms with Crippen LogP contribution in [0.5, 0.6) is 5.75 Å². The van der Waals surface area contributed by atoms with Crippen LogP contribution in [0.4, 0.5) is 5.69 Å². The average Bonchev–Trinajstić information content (AvgIpc) is 2.37. The minimum absolute atomic E-state index is 0.268. The molecule has 0 saturated carbocycles. The topological polar surface area (TPSA) is 49.9 Å². The van der Waals surface area contributed by atoms with Gasteiger partial charge in [0, 0.05) is 7.05 Å². The molecule has 0 aliphatic carbocycles. The lowest BCUT2D eigenvalue weighted by Crippen LogP contribution is -2.36. The van der Waals surface area contributed by atoms with Crippen molar-refractivity contribution in [3.05, 3.63) is 24.3 Å². The van der Waals surface area contributed by atoms with Crippen LogP contribution in [0, 0.1) is 0 Å². The van der Waals surface area contributed by atoms with Crippen LogP contribution >= 0.6 is 0 Å². The van der Waals surface area contributed by atoms with Gasteiger partial charge in [-0.1, -0.05) is 12.1 Å². The van der Waals surface area contributed by atoms with Crippen molar-refractivity contribution in [1.29, 1.82) is 0 Å². The first kappa shape index (κ1) is 12.6. The lowest BCUT2D eigenvalue weighted by Gasteiger charge is -2.20. The number of nitrogens with zero attached hydrogens (tertiary/aromatic N) is 2. The first-order valence-electron chi connectivity index (χ1n) is 6.06. The summed E-state index contributed by atoms with van der Waals surface area (Å²) >= 11 is 0. The molecule has 0 saturated heterocycles. The van der Waals surface area contributed by atoms with E-state index in [0.29, 0.717) is 5.69 Å². The molecule has 98 valence electrons. The average molecular weight is 251 g/mol. The van der Waals surface area contributed by atoms with Crippen molar-refractivity contribution in [3.63, 3.8) is 0 Å². The standard InChI is InChI=1S/C13H18N2O3/c1-10(14(2)3)13(17)18-12-8-6-5-7-11(12)15(4)9-16/h5-10H,1-4H3/t10-/m1/s1/i9D. The van der Waals surface area contributed by atoms with Crippen molar-refractivity contribution in [2.75, 3.05) is 26.0 Å². The molecule has 0 unspecified atom stereocenters. The highest BCUT2D eigenvalue weighted by molar-refractivity contribution is 5.83. The Balaban J connectivity index is 2.96. The van der Waals surface area contributed by atoms with Crippen LogP contribution in [0.2, 0.25) is 0 Å². The molecule has 0 heterocycles. The van der Waals surface area contributed by atoms with E-state index < -0.39 is 18.4 Å². The van der Waals surface area contributed by atoms with E-state index in [1.807, 2.05) is 0 Å². The maximum Gasteiger partial charge on any atom is 0.328 e. The monoisotopic (exact) mass is 251 g/mol. The van der Waals surface area contributed by atoms with Crippen molar-refractivity contribution in [1.82, 2.24) is 4.90 Å². The molecule has 1 aromatic rings. The molecule has 1 aromatic carbocycles. The minimum atomic E-state index is -0.871. The van der Waals surface area contributed by atoms with E-state index in [0.717, 1.165) is 4.90 Å². The predicted octanol–water partition coefficient (Wildman–Crippen LogP) is 1.13. The second kappa shape index (κ2) is 6.16. The Morgan fingerprint density at radius 1 is 1.39 bits per heavy atom. The second-order valence-corrected chi connectivity index (χ2v) is 4.18. The van der Waals surface area contributed by atoms with E-state index in [2.05, 4.69) is 0 Å². The zero-order chi connectivity index (χ0) is 14.6. The summed E-state index contributed by atoms with van der Waals surface area (Å²) in [5.41, 5.74) is 0.391. The Bertz CT molecular complexity index is 477. The number of anilines is 1.